The van der Waals surface area contributed by atoms with Crippen LogP contribution in [0.3, 0.4) is 0 Å². The Labute approximate surface area is 173 Å². The lowest BCUT2D eigenvalue weighted by Gasteiger charge is -2.21. The molecule has 1 aromatic heterocycles. The number of aromatic nitrogens is 2. The van der Waals surface area contributed by atoms with Crippen molar-refractivity contribution in [3.05, 3.63) is 79.3 Å². The highest BCUT2D eigenvalue weighted by molar-refractivity contribution is 14.1. The average Bonchev–Trinajstić information content (AvgIpc) is 2.84. The van der Waals surface area contributed by atoms with Gasteiger partial charge in [-0.2, -0.15) is 5.10 Å². The molecule has 4 nitrogen and oxygen atoms in total. The minimum Gasteiger partial charge on any atom is -0.256 e. The Morgan fingerprint density at radius 1 is 1.08 bits per heavy atom. The second-order valence-corrected chi connectivity index (χ2v) is 9.76. The zero-order valence-corrected chi connectivity index (χ0v) is 18.5. The first-order valence-corrected chi connectivity index (χ1v) is 11.4. The molecular weight excluding hydrogens is 534 g/mol. The fourth-order valence-electron chi connectivity index (χ4n) is 2.73. The zero-order valence-electron chi connectivity index (χ0n) is 13.9. The van der Waals surface area contributed by atoms with E-state index in [9.17, 15) is 12.8 Å². The highest BCUT2D eigenvalue weighted by Crippen LogP contribution is 2.32. The molecule has 1 unspecified atom stereocenters. The van der Waals surface area contributed by atoms with Crippen molar-refractivity contribution in [1.29, 1.82) is 0 Å². The van der Waals surface area contributed by atoms with E-state index in [2.05, 4.69) is 43.6 Å². The number of sulfone groups is 1. The van der Waals surface area contributed by atoms with Crippen molar-refractivity contribution >= 4 is 48.4 Å². The van der Waals surface area contributed by atoms with Crippen molar-refractivity contribution in [2.75, 3.05) is 6.26 Å². The number of hydrogen-bond acceptors (Lipinski definition) is 3. The van der Waals surface area contributed by atoms with Crippen molar-refractivity contribution in [2.24, 2.45) is 0 Å². The predicted octanol–water partition coefficient (Wildman–Crippen LogP) is 4.74. The van der Waals surface area contributed by atoms with E-state index < -0.39 is 9.84 Å². The first-order valence-electron chi connectivity index (χ1n) is 7.64. The van der Waals surface area contributed by atoms with Crippen LogP contribution in [0, 0.1) is 16.4 Å². The minimum absolute atomic E-state index is 0.257. The molecule has 0 saturated carbocycles. The van der Waals surface area contributed by atoms with Crippen LogP contribution in [0.2, 0.25) is 0 Å². The SMILES string of the molecule is Cc1c(Br)c(I)nn1C(c1ccc(F)cc1)c1ccc(S(C)(=O)=O)cc1. The smallest absolute Gasteiger partial charge is 0.175 e. The molecule has 8 heteroatoms. The van der Waals surface area contributed by atoms with E-state index >= 15 is 0 Å². The van der Waals surface area contributed by atoms with Crippen LogP contribution in [0.1, 0.15) is 22.9 Å². The van der Waals surface area contributed by atoms with Gasteiger partial charge in [-0.15, -0.1) is 0 Å². The van der Waals surface area contributed by atoms with E-state index in [4.69, 9.17) is 0 Å². The van der Waals surface area contributed by atoms with Crippen molar-refractivity contribution < 1.29 is 12.8 Å². The van der Waals surface area contributed by atoms with Gasteiger partial charge in [-0.1, -0.05) is 24.3 Å². The van der Waals surface area contributed by atoms with Crippen LogP contribution in [0.25, 0.3) is 0 Å². The van der Waals surface area contributed by atoms with E-state index in [1.54, 1.807) is 36.4 Å². The van der Waals surface area contributed by atoms with Gasteiger partial charge in [0.15, 0.2) is 9.84 Å². The molecule has 0 fully saturated rings. The van der Waals surface area contributed by atoms with Crippen LogP contribution in [0.4, 0.5) is 4.39 Å². The summed E-state index contributed by atoms with van der Waals surface area (Å²) in [7, 11) is -3.27. The molecule has 1 atom stereocenters. The molecule has 136 valence electrons. The molecule has 1 heterocycles. The molecule has 2 aromatic carbocycles. The summed E-state index contributed by atoms with van der Waals surface area (Å²) in [6, 6.07) is 12.7. The Kier molecular flexibility index (Phi) is 5.55. The van der Waals surface area contributed by atoms with Crippen LogP contribution < -0.4 is 0 Å². The third kappa shape index (κ3) is 3.86. The van der Waals surface area contributed by atoms with Gasteiger partial charge in [0, 0.05) is 6.26 Å². The molecular formula is C18H15BrFIN2O2S. The Hall–Kier alpha value is -1.26. The Morgan fingerprint density at radius 3 is 2.00 bits per heavy atom. The van der Waals surface area contributed by atoms with Crippen molar-refractivity contribution in [3.8, 4) is 0 Å². The molecule has 0 saturated heterocycles. The zero-order chi connectivity index (χ0) is 19.1. The number of hydrogen-bond donors (Lipinski definition) is 0. The highest BCUT2D eigenvalue weighted by Gasteiger charge is 2.22. The van der Waals surface area contributed by atoms with E-state index in [-0.39, 0.29) is 16.8 Å². The number of rotatable bonds is 4. The van der Waals surface area contributed by atoms with Crippen LogP contribution >= 0.6 is 38.5 Å². The lowest BCUT2D eigenvalue weighted by molar-refractivity contribution is 0.571. The second-order valence-electron chi connectivity index (χ2n) is 5.93. The molecule has 0 aliphatic heterocycles. The van der Waals surface area contributed by atoms with Gasteiger partial charge in [-0.25, -0.2) is 12.8 Å². The number of halogens is 3. The van der Waals surface area contributed by atoms with Gasteiger partial charge >= 0.3 is 0 Å². The normalized spacial score (nSPS) is 13.0. The first-order chi connectivity index (χ1) is 12.2. The summed E-state index contributed by atoms with van der Waals surface area (Å²) in [5.74, 6) is -0.312. The summed E-state index contributed by atoms with van der Waals surface area (Å²) in [4.78, 5) is 0.257. The molecule has 0 amide bonds. The maximum Gasteiger partial charge on any atom is 0.175 e. The van der Waals surface area contributed by atoms with Gasteiger partial charge in [0.05, 0.1) is 15.1 Å². The van der Waals surface area contributed by atoms with Crippen LogP contribution in [0.5, 0.6) is 0 Å². The van der Waals surface area contributed by atoms with Crippen molar-refractivity contribution in [2.45, 2.75) is 17.9 Å². The number of nitrogens with zero attached hydrogens (tertiary/aromatic N) is 2. The van der Waals surface area contributed by atoms with Gasteiger partial charge in [0.2, 0.25) is 0 Å². The summed E-state index contributed by atoms with van der Waals surface area (Å²) >= 11 is 5.68. The molecule has 0 bridgehead atoms. The molecule has 0 spiro atoms. The molecule has 0 radical (unpaired) electrons. The van der Waals surface area contributed by atoms with Gasteiger partial charge in [-0.05, 0) is 80.8 Å². The minimum atomic E-state index is -3.27. The fraction of sp³-hybridized carbons (Fsp3) is 0.167. The Bertz CT molecular complexity index is 1050. The lowest BCUT2D eigenvalue weighted by Crippen LogP contribution is -2.15. The average molecular weight is 549 g/mol. The summed E-state index contributed by atoms with van der Waals surface area (Å²) < 4.78 is 40.4. The quantitative estimate of drug-likeness (QED) is 0.443. The Balaban J connectivity index is 2.17. The van der Waals surface area contributed by atoms with Gasteiger partial charge in [0.25, 0.3) is 0 Å². The predicted molar refractivity (Wildman–Crippen MR) is 111 cm³/mol. The fourth-order valence-corrected chi connectivity index (χ4v) is 4.25. The second kappa shape index (κ2) is 7.40. The maximum atomic E-state index is 13.4. The van der Waals surface area contributed by atoms with Crippen LogP contribution in [0.15, 0.2) is 57.9 Å². The van der Waals surface area contributed by atoms with Gasteiger partial charge in [0.1, 0.15) is 15.6 Å². The first kappa shape index (κ1) is 19.5. The summed E-state index contributed by atoms with van der Waals surface area (Å²) in [6.45, 7) is 1.95. The monoisotopic (exact) mass is 548 g/mol. The molecule has 0 N–H and O–H groups in total. The molecule has 3 rings (SSSR count). The molecule has 26 heavy (non-hydrogen) atoms. The van der Waals surface area contributed by atoms with Crippen LogP contribution in [-0.2, 0) is 9.84 Å². The Morgan fingerprint density at radius 2 is 1.58 bits per heavy atom. The summed E-state index contributed by atoms with van der Waals surface area (Å²) in [6.07, 6.45) is 1.18. The number of benzene rings is 2. The maximum absolute atomic E-state index is 13.4. The van der Waals surface area contributed by atoms with Crippen molar-refractivity contribution in [3.63, 3.8) is 0 Å². The van der Waals surface area contributed by atoms with E-state index in [1.807, 2.05) is 11.6 Å². The summed E-state index contributed by atoms with van der Waals surface area (Å²) in [5.41, 5.74) is 2.64. The third-order valence-electron chi connectivity index (χ3n) is 4.09. The van der Waals surface area contributed by atoms with E-state index in [1.165, 1.54) is 18.4 Å². The van der Waals surface area contributed by atoms with Gasteiger partial charge < -0.3 is 0 Å². The van der Waals surface area contributed by atoms with Crippen LogP contribution in [-0.4, -0.2) is 24.5 Å². The molecule has 0 aliphatic rings. The van der Waals surface area contributed by atoms with Gasteiger partial charge in [-0.3, -0.25) is 4.68 Å². The topological polar surface area (TPSA) is 52.0 Å². The third-order valence-corrected chi connectivity index (χ3v) is 7.67. The largest absolute Gasteiger partial charge is 0.256 e. The molecule has 3 aromatic rings. The van der Waals surface area contributed by atoms with E-state index in [0.29, 0.717) is 0 Å². The van der Waals surface area contributed by atoms with Crippen molar-refractivity contribution in [1.82, 2.24) is 9.78 Å². The highest BCUT2D eigenvalue weighted by atomic mass is 127. The lowest BCUT2D eigenvalue weighted by atomic mass is 9.98. The summed E-state index contributed by atoms with van der Waals surface area (Å²) in [5, 5.41) is 4.60. The standard InChI is InChI=1S/C18H15BrFIN2O2S/c1-11-16(19)18(21)22-23(11)17(12-3-7-14(20)8-4-12)13-5-9-15(10-6-13)26(2,24)25/h3-10,17H,1-2H3. The molecule has 0 aliphatic carbocycles. The van der Waals surface area contributed by atoms with E-state index in [0.717, 1.165) is 25.0 Å².